The van der Waals surface area contributed by atoms with E-state index in [0.29, 0.717) is 26.1 Å². The van der Waals surface area contributed by atoms with E-state index in [0.717, 1.165) is 12.8 Å². The third-order valence-electron chi connectivity index (χ3n) is 3.14. The predicted octanol–water partition coefficient (Wildman–Crippen LogP) is 0.654. The van der Waals surface area contributed by atoms with Gasteiger partial charge in [-0.2, -0.15) is 0 Å². The maximum absolute atomic E-state index is 11.8. The Hall–Kier alpha value is -1.30. The molecule has 1 heterocycles. The van der Waals surface area contributed by atoms with Crippen LogP contribution in [0.5, 0.6) is 0 Å². The number of carboxylic acids is 1. The maximum atomic E-state index is 11.8. The van der Waals surface area contributed by atoms with Crippen LogP contribution in [0.15, 0.2) is 0 Å². The van der Waals surface area contributed by atoms with Gasteiger partial charge in [-0.15, -0.1) is 0 Å². The predicted molar refractivity (Wildman–Crippen MR) is 66.2 cm³/mol. The topological polar surface area (TPSA) is 89.9 Å². The molecule has 0 saturated carbocycles. The zero-order valence-electron chi connectivity index (χ0n) is 10.8. The number of nitrogens with zero attached hydrogens (tertiary/aromatic N) is 1. The van der Waals surface area contributed by atoms with Crippen LogP contribution >= 0.6 is 0 Å². The van der Waals surface area contributed by atoms with E-state index in [1.165, 1.54) is 0 Å². The largest absolute Gasteiger partial charge is 0.481 e. The van der Waals surface area contributed by atoms with Gasteiger partial charge in [0.2, 0.25) is 0 Å². The second kappa shape index (κ2) is 7.20. The Bertz CT molecular complexity index is 296. The highest BCUT2D eigenvalue weighted by Crippen LogP contribution is 2.10. The molecule has 6 nitrogen and oxygen atoms in total. The summed E-state index contributed by atoms with van der Waals surface area (Å²) in [4.78, 5) is 23.8. The molecule has 0 aromatic heterocycles. The average Bonchev–Trinajstić information content (AvgIpc) is 2.33. The molecule has 1 aliphatic heterocycles. The van der Waals surface area contributed by atoms with Gasteiger partial charge in [0.15, 0.2) is 0 Å². The molecule has 6 heteroatoms. The molecule has 18 heavy (non-hydrogen) atoms. The molecule has 1 rings (SSSR count). The summed E-state index contributed by atoms with van der Waals surface area (Å²) in [6.07, 6.45) is 1.83. The smallest absolute Gasteiger partial charge is 0.317 e. The number of piperidine rings is 1. The number of urea groups is 1. The number of aliphatic hydroxyl groups excluding tert-OH is 1. The highest BCUT2D eigenvalue weighted by Gasteiger charge is 2.21. The van der Waals surface area contributed by atoms with Gasteiger partial charge in [0.1, 0.15) is 0 Å². The quantitative estimate of drug-likeness (QED) is 0.675. The van der Waals surface area contributed by atoms with E-state index >= 15 is 0 Å². The zero-order chi connectivity index (χ0) is 13.5. The van der Waals surface area contributed by atoms with Crippen LogP contribution in [0, 0.1) is 5.92 Å². The summed E-state index contributed by atoms with van der Waals surface area (Å²) in [6.45, 7) is 3.44. The number of hydrogen-bond donors (Lipinski definition) is 3. The number of aliphatic carboxylic acids is 1. The van der Waals surface area contributed by atoms with E-state index < -0.39 is 12.1 Å². The Morgan fingerprint density at radius 3 is 2.83 bits per heavy atom. The van der Waals surface area contributed by atoms with Crippen molar-refractivity contribution in [3.63, 3.8) is 0 Å². The molecule has 2 unspecified atom stereocenters. The lowest BCUT2D eigenvalue weighted by Crippen LogP contribution is -2.47. The van der Waals surface area contributed by atoms with Gasteiger partial charge in [0.05, 0.1) is 6.10 Å². The fraction of sp³-hybridized carbons (Fsp3) is 0.833. The number of carbonyl (C=O) groups excluding carboxylic acids is 1. The first-order valence-electron chi connectivity index (χ1n) is 6.41. The summed E-state index contributed by atoms with van der Waals surface area (Å²) < 4.78 is 0. The van der Waals surface area contributed by atoms with Crippen LogP contribution in [0.3, 0.4) is 0 Å². The molecule has 1 saturated heterocycles. The van der Waals surface area contributed by atoms with Crippen LogP contribution in [-0.4, -0.2) is 52.9 Å². The first kappa shape index (κ1) is 14.8. The SMILES string of the molecule is CC(CCC(=O)O)CNC(=O)N1CCCC(O)C1. The molecular formula is C12H22N2O4. The summed E-state index contributed by atoms with van der Waals surface area (Å²) >= 11 is 0. The van der Waals surface area contributed by atoms with Crippen LogP contribution in [0.25, 0.3) is 0 Å². The molecule has 2 amide bonds. The van der Waals surface area contributed by atoms with Crippen molar-refractivity contribution in [2.24, 2.45) is 5.92 Å². The number of carbonyl (C=O) groups is 2. The van der Waals surface area contributed by atoms with E-state index in [1.807, 2.05) is 6.92 Å². The molecule has 3 N–H and O–H groups in total. The molecule has 0 aromatic carbocycles. The third kappa shape index (κ3) is 5.35. The summed E-state index contributed by atoms with van der Waals surface area (Å²) in [7, 11) is 0. The lowest BCUT2D eigenvalue weighted by atomic mass is 10.1. The number of β-amino-alcohol motifs (C(OH)–C–C–N with tert-alkyl or cyclic N) is 1. The van der Waals surface area contributed by atoms with E-state index in [2.05, 4.69) is 5.32 Å². The summed E-state index contributed by atoms with van der Waals surface area (Å²) in [5.41, 5.74) is 0. The van der Waals surface area contributed by atoms with Crippen molar-refractivity contribution >= 4 is 12.0 Å². The minimum Gasteiger partial charge on any atom is -0.481 e. The van der Waals surface area contributed by atoms with Gasteiger partial charge in [-0.3, -0.25) is 4.79 Å². The monoisotopic (exact) mass is 258 g/mol. The van der Waals surface area contributed by atoms with Crippen LogP contribution in [0.1, 0.15) is 32.6 Å². The highest BCUT2D eigenvalue weighted by atomic mass is 16.4. The average molecular weight is 258 g/mol. The molecule has 0 aromatic rings. The third-order valence-corrected chi connectivity index (χ3v) is 3.14. The van der Waals surface area contributed by atoms with E-state index in [-0.39, 0.29) is 18.4 Å². The van der Waals surface area contributed by atoms with Gasteiger partial charge in [-0.05, 0) is 25.2 Å². The van der Waals surface area contributed by atoms with Crippen molar-refractivity contribution in [3.8, 4) is 0 Å². The highest BCUT2D eigenvalue weighted by molar-refractivity contribution is 5.74. The van der Waals surface area contributed by atoms with Gasteiger partial charge >= 0.3 is 12.0 Å². The maximum Gasteiger partial charge on any atom is 0.317 e. The van der Waals surface area contributed by atoms with E-state index in [4.69, 9.17) is 5.11 Å². The molecule has 0 bridgehead atoms. The molecule has 0 radical (unpaired) electrons. The number of rotatable bonds is 5. The lowest BCUT2D eigenvalue weighted by Gasteiger charge is -2.30. The molecule has 0 spiro atoms. The zero-order valence-corrected chi connectivity index (χ0v) is 10.8. The lowest BCUT2D eigenvalue weighted by molar-refractivity contribution is -0.137. The number of likely N-dealkylation sites (tertiary alicyclic amines) is 1. The van der Waals surface area contributed by atoms with Gasteiger partial charge in [0.25, 0.3) is 0 Å². The Morgan fingerprint density at radius 1 is 1.50 bits per heavy atom. The second-order valence-electron chi connectivity index (χ2n) is 4.97. The first-order valence-corrected chi connectivity index (χ1v) is 6.41. The first-order chi connectivity index (χ1) is 8.49. The molecule has 2 atom stereocenters. The number of nitrogens with one attached hydrogen (secondary N) is 1. The Kier molecular flexibility index (Phi) is 5.91. The Labute approximate surface area is 107 Å². The fourth-order valence-corrected chi connectivity index (χ4v) is 1.98. The van der Waals surface area contributed by atoms with Gasteiger partial charge in [-0.1, -0.05) is 6.92 Å². The van der Waals surface area contributed by atoms with Crippen LogP contribution in [0.2, 0.25) is 0 Å². The minimum atomic E-state index is -0.813. The van der Waals surface area contributed by atoms with Crippen molar-refractivity contribution in [2.45, 2.75) is 38.7 Å². The molecule has 1 aliphatic rings. The van der Waals surface area contributed by atoms with E-state index in [9.17, 15) is 14.7 Å². The van der Waals surface area contributed by atoms with Crippen molar-refractivity contribution in [3.05, 3.63) is 0 Å². The second-order valence-corrected chi connectivity index (χ2v) is 4.97. The number of aliphatic hydroxyl groups is 1. The van der Waals surface area contributed by atoms with Crippen molar-refractivity contribution in [1.82, 2.24) is 10.2 Å². The van der Waals surface area contributed by atoms with Crippen molar-refractivity contribution in [1.29, 1.82) is 0 Å². The number of hydrogen-bond acceptors (Lipinski definition) is 3. The summed E-state index contributed by atoms with van der Waals surface area (Å²) in [5, 5.41) is 20.8. The Balaban J connectivity index is 2.21. The normalized spacial score (nSPS) is 21.4. The molecular weight excluding hydrogens is 236 g/mol. The Morgan fingerprint density at radius 2 is 2.22 bits per heavy atom. The minimum absolute atomic E-state index is 0.124. The van der Waals surface area contributed by atoms with Crippen LogP contribution < -0.4 is 5.32 Å². The summed E-state index contributed by atoms with van der Waals surface area (Å²) in [5.74, 6) is -0.674. The van der Waals surface area contributed by atoms with Gasteiger partial charge in [0, 0.05) is 26.1 Å². The number of carboxylic acid groups (broad SMARTS) is 1. The fourth-order valence-electron chi connectivity index (χ4n) is 1.98. The molecule has 1 fully saturated rings. The van der Waals surface area contributed by atoms with Crippen LogP contribution in [0.4, 0.5) is 4.79 Å². The number of amides is 2. The van der Waals surface area contributed by atoms with Crippen molar-refractivity contribution < 1.29 is 19.8 Å². The van der Waals surface area contributed by atoms with Crippen molar-refractivity contribution in [2.75, 3.05) is 19.6 Å². The molecule has 0 aliphatic carbocycles. The van der Waals surface area contributed by atoms with Gasteiger partial charge in [-0.25, -0.2) is 4.79 Å². The van der Waals surface area contributed by atoms with Gasteiger partial charge < -0.3 is 20.4 Å². The van der Waals surface area contributed by atoms with Crippen LogP contribution in [-0.2, 0) is 4.79 Å². The molecule has 104 valence electrons. The van der Waals surface area contributed by atoms with E-state index in [1.54, 1.807) is 4.90 Å². The summed E-state index contributed by atoms with van der Waals surface area (Å²) in [6, 6.07) is -0.170. The standard InChI is InChI=1S/C12H22N2O4/c1-9(4-5-11(16)17)7-13-12(18)14-6-2-3-10(15)8-14/h9-10,15H,2-8H2,1H3,(H,13,18)(H,16,17).